The van der Waals surface area contributed by atoms with Gasteiger partial charge in [0, 0.05) is 24.4 Å². The summed E-state index contributed by atoms with van der Waals surface area (Å²) in [7, 11) is 0. The number of hydrogen-bond donors (Lipinski definition) is 0. The van der Waals surface area contributed by atoms with Gasteiger partial charge >= 0.3 is 0 Å². The van der Waals surface area contributed by atoms with E-state index in [-0.39, 0.29) is 5.56 Å². The van der Waals surface area contributed by atoms with Gasteiger partial charge in [-0.2, -0.15) is 0 Å². The molecule has 0 aliphatic rings. The number of nitrogens with zero attached hydrogens (tertiary/aromatic N) is 1. The molecule has 0 aliphatic carbocycles. The van der Waals surface area contributed by atoms with Crippen LogP contribution in [0.25, 0.3) is 0 Å². The van der Waals surface area contributed by atoms with Crippen molar-refractivity contribution in [3.8, 4) is 0 Å². The lowest BCUT2D eigenvalue weighted by Crippen LogP contribution is -2.09. The monoisotopic (exact) mass is 157 g/mol. The molecule has 0 atom stereocenters. The molecule has 1 aromatic rings. The van der Waals surface area contributed by atoms with E-state index >= 15 is 0 Å². The Labute approximate surface area is 64.1 Å². The Bertz CT molecular complexity index is 253. The predicted octanol–water partition coefficient (Wildman–Crippen LogP) is 2.50. The Morgan fingerprint density at radius 1 is 1.45 bits per heavy atom. The molecule has 11 heavy (non-hydrogen) atoms. The average molecular weight is 157 g/mol. The Kier molecular flexibility index (Phi) is 1.89. The van der Waals surface area contributed by atoms with Crippen LogP contribution in [0, 0.1) is 6.92 Å². The van der Waals surface area contributed by atoms with Crippen molar-refractivity contribution >= 4 is 0 Å². The first-order valence-electron chi connectivity index (χ1n) is 3.32. The first-order chi connectivity index (χ1) is 5.02. The zero-order valence-electron chi connectivity index (χ0n) is 6.44. The van der Waals surface area contributed by atoms with E-state index in [1.54, 1.807) is 6.92 Å². The SMILES string of the molecule is Cc1ncccc1C(C)(F)F. The van der Waals surface area contributed by atoms with Crippen LogP contribution >= 0.6 is 0 Å². The summed E-state index contributed by atoms with van der Waals surface area (Å²) < 4.78 is 25.4. The van der Waals surface area contributed by atoms with Crippen LogP contribution in [0.15, 0.2) is 18.3 Å². The van der Waals surface area contributed by atoms with Crippen molar-refractivity contribution in [2.45, 2.75) is 19.8 Å². The van der Waals surface area contributed by atoms with Gasteiger partial charge in [0.2, 0.25) is 0 Å². The van der Waals surface area contributed by atoms with Crippen LogP contribution in [-0.4, -0.2) is 4.98 Å². The lowest BCUT2D eigenvalue weighted by atomic mass is 10.1. The molecular weight excluding hydrogens is 148 g/mol. The van der Waals surface area contributed by atoms with Crippen molar-refractivity contribution < 1.29 is 8.78 Å². The molecule has 3 heteroatoms. The molecule has 0 radical (unpaired) electrons. The standard InChI is InChI=1S/C8H9F2N/c1-6-7(8(2,9)10)4-3-5-11-6/h3-5H,1-2H3. The highest BCUT2D eigenvalue weighted by Gasteiger charge is 2.26. The van der Waals surface area contributed by atoms with E-state index < -0.39 is 5.92 Å². The highest BCUT2D eigenvalue weighted by Crippen LogP contribution is 2.27. The molecule has 0 fully saturated rings. The Hall–Kier alpha value is -0.990. The molecule has 0 spiro atoms. The minimum atomic E-state index is -2.78. The summed E-state index contributed by atoms with van der Waals surface area (Å²) in [5.74, 6) is -2.78. The lowest BCUT2D eigenvalue weighted by Gasteiger charge is -2.11. The van der Waals surface area contributed by atoms with Crippen LogP contribution in [0.1, 0.15) is 18.2 Å². The van der Waals surface area contributed by atoms with Gasteiger partial charge in [-0.15, -0.1) is 0 Å². The summed E-state index contributed by atoms with van der Waals surface area (Å²) in [5.41, 5.74) is 0.389. The van der Waals surface area contributed by atoms with E-state index in [0.29, 0.717) is 5.69 Å². The Morgan fingerprint density at radius 2 is 2.09 bits per heavy atom. The highest BCUT2D eigenvalue weighted by molar-refractivity contribution is 5.22. The second-order valence-electron chi connectivity index (χ2n) is 2.52. The van der Waals surface area contributed by atoms with E-state index in [0.717, 1.165) is 6.92 Å². The molecule has 1 aromatic heterocycles. The highest BCUT2D eigenvalue weighted by atomic mass is 19.3. The average Bonchev–Trinajstić information content (AvgIpc) is 1.86. The van der Waals surface area contributed by atoms with Crippen molar-refractivity contribution in [1.29, 1.82) is 0 Å². The molecular formula is C8H9F2N. The molecule has 1 rings (SSSR count). The fraction of sp³-hybridized carbons (Fsp3) is 0.375. The molecule has 0 saturated carbocycles. The van der Waals surface area contributed by atoms with Crippen molar-refractivity contribution in [2.24, 2.45) is 0 Å². The maximum Gasteiger partial charge on any atom is 0.272 e. The van der Waals surface area contributed by atoms with Crippen LogP contribution < -0.4 is 0 Å². The molecule has 0 N–H and O–H groups in total. The predicted molar refractivity (Wildman–Crippen MR) is 38.5 cm³/mol. The number of halogens is 2. The van der Waals surface area contributed by atoms with Crippen molar-refractivity contribution in [3.63, 3.8) is 0 Å². The van der Waals surface area contributed by atoms with Crippen LogP contribution in [0.4, 0.5) is 8.78 Å². The molecule has 0 aliphatic heterocycles. The summed E-state index contributed by atoms with van der Waals surface area (Å²) in [5, 5.41) is 0. The van der Waals surface area contributed by atoms with Gasteiger partial charge < -0.3 is 0 Å². The van der Waals surface area contributed by atoms with Gasteiger partial charge in [-0.1, -0.05) is 0 Å². The molecule has 0 unspecified atom stereocenters. The second-order valence-corrected chi connectivity index (χ2v) is 2.52. The molecule has 1 nitrogen and oxygen atoms in total. The Balaban J connectivity index is 3.14. The zero-order valence-corrected chi connectivity index (χ0v) is 6.44. The molecule has 0 amide bonds. The number of aryl methyl sites for hydroxylation is 1. The summed E-state index contributed by atoms with van der Waals surface area (Å²) >= 11 is 0. The Morgan fingerprint density at radius 3 is 2.45 bits per heavy atom. The summed E-state index contributed by atoms with van der Waals surface area (Å²) in [6, 6.07) is 2.90. The van der Waals surface area contributed by atoms with Crippen LogP contribution in [-0.2, 0) is 5.92 Å². The van der Waals surface area contributed by atoms with E-state index in [2.05, 4.69) is 4.98 Å². The van der Waals surface area contributed by atoms with Gasteiger partial charge in [0.25, 0.3) is 5.92 Å². The van der Waals surface area contributed by atoms with Crippen LogP contribution in [0.3, 0.4) is 0 Å². The van der Waals surface area contributed by atoms with Crippen LogP contribution in [0.2, 0.25) is 0 Å². The van der Waals surface area contributed by atoms with Crippen LogP contribution in [0.5, 0.6) is 0 Å². The second kappa shape index (κ2) is 2.57. The third kappa shape index (κ3) is 1.73. The lowest BCUT2D eigenvalue weighted by molar-refractivity contribution is 0.0164. The van der Waals surface area contributed by atoms with Gasteiger partial charge in [-0.25, -0.2) is 8.78 Å². The quantitative estimate of drug-likeness (QED) is 0.610. The minimum Gasteiger partial charge on any atom is -0.261 e. The zero-order chi connectivity index (χ0) is 8.48. The summed E-state index contributed by atoms with van der Waals surface area (Å²) in [6.07, 6.45) is 1.50. The fourth-order valence-electron chi connectivity index (χ4n) is 0.948. The molecule has 0 aromatic carbocycles. The fourth-order valence-corrected chi connectivity index (χ4v) is 0.948. The third-order valence-corrected chi connectivity index (χ3v) is 1.48. The number of hydrogen-bond acceptors (Lipinski definition) is 1. The van der Waals surface area contributed by atoms with E-state index in [9.17, 15) is 8.78 Å². The minimum absolute atomic E-state index is 0.000000000000000222. The van der Waals surface area contributed by atoms with Crippen molar-refractivity contribution in [1.82, 2.24) is 4.98 Å². The van der Waals surface area contributed by atoms with E-state index in [1.807, 2.05) is 0 Å². The number of pyridine rings is 1. The molecule has 60 valence electrons. The number of rotatable bonds is 1. The third-order valence-electron chi connectivity index (χ3n) is 1.48. The van der Waals surface area contributed by atoms with E-state index in [1.165, 1.54) is 18.3 Å². The first kappa shape index (κ1) is 8.11. The molecule has 0 bridgehead atoms. The largest absolute Gasteiger partial charge is 0.272 e. The maximum absolute atomic E-state index is 12.7. The topological polar surface area (TPSA) is 12.9 Å². The van der Waals surface area contributed by atoms with E-state index in [4.69, 9.17) is 0 Å². The summed E-state index contributed by atoms with van der Waals surface area (Å²) in [4.78, 5) is 3.77. The van der Waals surface area contributed by atoms with Gasteiger partial charge in [-0.05, 0) is 19.1 Å². The maximum atomic E-state index is 12.7. The van der Waals surface area contributed by atoms with Gasteiger partial charge in [0.1, 0.15) is 0 Å². The van der Waals surface area contributed by atoms with Crippen molar-refractivity contribution in [3.05, 3.63) is 29.6 Å². The number of aromatic nitrogens is 1. The normalized spacial score (nSPS) is 11.6. The van der Waals surface area contributed by atoms with Crippen molar-refractivity contribution in [2.75, 3.05) is 0 Å². The number of alkyl halides is 2. The van der Waals surface area contributed by atoms with Gasteiger partial charge in [-0.3, -0.25) is 4.98 Å². The van der Waals surface area contributed by atoms with Gasteiger partial charge in [0.15, 0.2) is 0 Å². The molecule has 1 heterocycles. The first-order valence-corrected chi connectivity index (χ1v) is 3.32. The smallest absolute Gasteiger partial charge is 0.261 e. The summed E-state index contributed by atoms with van der Waals surface area (Å²) in [6.45, 7) is 2.45. The molecule has 0 saturated heterocycles. The van der Waals surface area contributed by atoms with Gasteiger partial charge in [0.05, 0.1) is 0 Å².